The van der Waals surface area contributed by atoms with Crippen LogP contribution in [0.1, 0.15) is 47.1 Å². The van der Waals surface area contributed by atoms with E-state index < -0.39 is 11.9 Å². The van der Waals surface area contributed by atoms with Gasteiger partial charge in [0.05, 0.1) is 0 Å². The highest BCUT2D eigenvalue weighted by Crippen LogP contribution is 2.35. The summed E-state index contributed by atoms with van der Waals surface area (Å²) in [5.41, 5.74) is 1.82. The van der Waals surface area contributed by atoms with Gasteiger partial charge in [-0.3, -0.25) is 4.79 Å². The zero-order chi connectivity index (χ0) is 18.7. The number of halogens is 3. The second-order valence-corrected chi connectivity index (χ2v) is 6.55. The molecular weight excluding hydrogens is 343 g/mol. The highest BCUT2D eigenvalue weighted by atomic mass is 19.4. The molecule has 1 aliphatic rings. The fourth-order valence-electron chi connectivity index (χ4n) is 3.35. The first-order valence-corrected chi connectivity index (χ1v) is 8.59. The van der Waals surface area contributed by atoms with E-state index in [2.05, 4.69) is 27.4 Å². The van der Waals surface area contributed by atoms with Crippen LogP contribution in [0.15, 0.2) is 30.3 Å². The van der Waals surface area contributed by atoms with Crippen LogP contribution in [0.3, 0.4) is 0 Å². The van der Waals surface area contributed by atoms with Crippen molar-refractivity contribution in [3.05, 3.63) is 58.7 Å². The highest BCUT2D eigenvalue weighted by molar-refractivity contribution is 5.77. The SMILES string of the molecule is Cc1cc(C(F)(F)F)nc(CCNC(=O)CC2CCc3ccccc32)n1. The quantitative estimate of drug-likeness (QED) is 0.883. The number of rotatable bonds is 5. The van der Waals surface area contributed by atoms with Crippen LogP contribution in [-0.4, -0.2) is 22.4 Å². The van der Waals surface area contributed by atoms with Crippen molar-refractivity contribution in [2.24, 2.45) is 0 Å². The number of aryl methyl sites for hydroxylation is 2. The molecule has 7 heteroatoms. The molecule has 0 fully saturated rings. The smallest absolute Gasteiger partial charge is 0.356 e. The molecule has 1 amide bonds. The van der Waals surface area contributed by atoms with Crippen LogP contribution >= 0.6 is 0 Å². The molecule has 0 aliphatic heterocycles. The number of hydrogen-bond donors (Lipinski definition) is 1. The Bertz CT molecular complexity index is 805. The first-order valence-electron chi connectivity index (χ1n) is 8.59. The molecule has 1 unspecified atom stereocenters. The molecule has 0 bridgehead atoms. The second kappa shape index (κ2) is 7.43. The molecule has 1 aromatic heterocycles. The lowest BCUT2D eigenvalue weighted by molar-refractivity contribution is -0.141. The van der Waals surface area contributed by atoms with Crippen molar-refractivity contribution in [1.29, 1.82) is 0 Å². The van der Waals surface area contributed by atoms with E-state index in [1.165, 1.54) is 18.1 Å². The van der Waals surface area contributed by atoms with Crippen LogP contribution in [0, 0.1) is 6.92 Å². The second-order valence-electron chi connectivity index (χ2n) is 6.55. The number of carbonyl (C=O) groups is 1. The van der Waals surface area contributed by atoms with Gasteiger partial charge in [0.1, 0.15) is 11.5 Å². The summed E-state index contributed by atoms with van der Waals surface area (Å²) in [6, 6.07) is 9.03. The Morgan fingerprint density at radius 2 is 2.04 bits per heavy atom. The van der Waals surface area contributed by atoms with Gasteiger partial charge in [-0.2, -0.15) is 13.2 Å². The maximum atomic E-state index is 12.8. The molecule has 0 saturated heterocycles. The minimum atomic E-state index is -4.50. The largest absolute Gasteiger partial charge is 0.433 e. The third kappa shape index (κ3) is 4.39. The summed E-state index contributed by atoms with van der Waals surface area (Å²) in [7, 11) is 0. The maximum Gasteiger partial charge on any atom is 0.433 e. The molecule has 0 saturated carbocycles. The van der Waals surface area contributed by atoms with Gasteiger partial charge in [-0.1, -0.05) is 24.3 Å². The molecule has 3 rings (SSSR count). The number of carbonyl (C=O) groups excluding carboxylic acids is 1. The minimum absolute atomic E-state index is 0.0869. The van der Waals surface area contributed by atoms with E-state index in [0.29, 0.717) is 6.42 Å². The van der Waals surface area contributed by atoms with Crippen molar-refractivity contribution in [2.45, 2.75) is 44.7 Å². The Balaban J connectivity index is 1.53. The molecule has 1 N–H and O–H groups in total. The number of fused-ring (bicyclic) bond motifs is 1. The fourth-order valence-corrected chi connectivity index (χ4v) is 3.35. The summed E-state index contributed by atoms with van der Waals surface area (Å²) >= 11 is 0. The zero-order valence-electron chi connectivity index (χ0n) is 14.4. The Morgan fingerprint density at radius 1 is 1.27 bits per heavy atom. The summed E-state index contributed by atoms with van der Waals surface area (Å²) < 4.78 is 38.4. The monoisotopic (exact) mass is 363 g/mol. The van der Waals surface area contributed by atoms with Gasteiger partial charge in [0, 0.05) is 25.1 Å². The zero-order valence-corrected chi connectivity index (χ0v) is 14.4. The third-order valence-corrected chi connectivity index (χ3v) is 4.55. The molecular formula is C19H20F3N3O. The van der Waals surface area contributed by atoms with E-state index in [1.807, 2.05) is 12.1 Å². The van der Waals surface area contributed by atoms with E-state index in [-0.39, 0.29) is 36.3 Å². The first-order chi connectivity index (χ1) is 12.3. The van der Waals surface area contributed by atoms with Crippen molar-refractivity contribution in [3.63, 3.8) is 0 Å². The van der Waals surface area contributed by atoms with Crippen LogP contribution in [0.2, 0.25) is 0 Å². The molecule has 1 aromatic carbocycles. The number of alkyl halides is 3. The lowest BCUT2D eigenvalue weighted by atomic mass is 9.97. The maximum absolute atomic E-state index is 12.8. The molecule has 26 heavy (non-hydrogen) atoms. The molecule has 2 aromatic rings. The number of amides is 1. The van der Waals surface area contributed by atoms with Crippen molar-refractivity contribution in [2.75, 3.05) is 6.54 Å². The summed E-state index contributed by atoms with van der Waals surface area (Å²) in [6.07, 6.45) is -2.02. The van der Waals surface area contributed by atoms with Crippen molar-refractivity contribution in [1.82, 2.24) is 15.3 Å². The van der Waals surface area contributed by atoms with Crippen molar-refractivity contribution in [3.8, 4) is 0 Å². The van der Waals surface area contributed by atoms with E-state index in [9.17, 15) is 18.0 Å². The van der Waals surface area contributed by atoms with Gasteiger partial charge in [-0.05, 0) is 42.9 Å². The van der Waals surface area contributed by atoms with Crippen LogP contribution in [0.4, 0.5) is 13.2 Å². The van der Waals surface area contributed by atoms with E-state index >= 15 is 0 Å². The van der Waals surface area contributed by atoms with Crippen LogP contribution in [-0.2, 0) is 23.8 Å². The normalized spacial score (nSPS) is 16.4. The van der Waals surface area contributed by atoms with Crippen LogP contribution < -0.4 is 5.32 Å². The number of benzene rings is 1. The molecule has 1 atom stereocenters. The average Bonchev–Trinajstić information content (AvgIpc) is 2.97. The fraction of sp³-hybridized carbons (Fsp3) is 0.421. The van der Waals surface area contributed by atoms with Gasteiger partial charge in [-0.25, -0.2) is 9.97 Å². The van der Waals surface area contributed by atoms with Gasteiger partial charge in [0.15, 0.2) is 0 Å². The predicted octanol–water partition coefficient (Wildman–Crippen LogP) is 3.58. The lowest BCUT2D eigenvalue weighted by Gasteiger charge is -2.12. The summed E-state index contributed by atoms with van der Waals surface area (Å²) in [5.74, 6) is 0.192. The van der Waals surface area contributed by atoms with E-state index in [4.69, 9.17) is 0 Å². The Morgan fingerprint density at radius 3 is 2.81 bits per heavy atom. The first kappa shape index (κ1) is 18.4. The standard InChI is InChI=1S/C19H20F3N3O/c1-12-10-16(19(20,21)22)25-17(24-12)8-9-23-18(26)11-14-7-6-13-4-2-3-5-15(13)14/h2-5,10,14H,6-9,11H2,1H3,(H,23,26). The molecule has 138 valence electrons. The summed E-state index contributed by atoms with van der Waals surface area (Å²) in [6.45, 7) is 1.71. The van der Waals surface area contributed by atoms with Crippen LogP contribution in [0.5, 0.6) is 0 Å². The van der Waals surface area contributed by atoms with Gasteiger partial charge in [0.2, 0.25) is 5.91 Å². The molecule has 1 aliphatic carbocycles. The van der Waals surface area contributed by atoms with E-state index in [1.54, 1.807) is 0 Å². The summed E-state index contributed by atoms with van der Waals surface area (Å²) in [5, 5.41) is 2.77. The van der Waals surface area contributed by atoms with E-state index in [0.717, 1.165) is 18.9 Å². The van der Waals surface area contributed by atoms with Crippen LogP contribution in [0.25, 0.3) is 0 Å². The Kier molecular flexibility index (Phi) is 5.25. The molecule has 0 spiro atoms. The number of nitrogens with one attached hydrogen (secondary N) is 1. The highest BCUT2D eigenvalue weighted by Gasteiger charge is 2.33. The summed E-state index contributed by atoms with van der Waals surface area (Å²) in [4.78, 5) is 19.7. The van der Waals surface area contributed by atoms with Gasteiger partial charge in [-0.15, -0.1) is 0 Å². The van der Waals surface area contributed by atoms with Crippen molar-refractivity contribution >= 4 is 5.91 Å². The third-order valence-electron chi connectivity index (χ3n) is 4.55. The topological polar surface area (TPSA) is 54.9 Å². The van der Waals surface area contributed by atoms with Crippen molar-refractivity contribution < 1.29 is 18.0 Å². The number of nitrogens with zero attached hydrogens (tertiary/aromatic N) is 2. The molecule has 4 nitrogen and oxygen atoms in total. The lowest BCUT2D eigenvalue weighted by Crippen LogP contribution is -2.27. The Hall–Kier alpha value is -2.44. The number of hydrogen-bond acceptors (Lipinski definition) is 3. The molecule has 1 heterocycles. The minimum Gasteiger partial charge on any atom is -0.356 e. The van der Waals surface area contributed by atoms with Gasteiger partial charge >= 0.3 is 6.18 Å². The Labute approximate surface area is 149 Å². The van der Waals surface area contributed by atoms with Gasteiger partial charge < -0.3 is 5.32 Å². The predicted molar refractivity (Wildman–Crippen MR) is 90.6 cm³/mol. The number of aromatic nitrogens is 2. The molecule has 0 radical (unpaired) electrons. The average molecular weight is 363 g/mol. The van der Waals surface area contributed by atoms with Gasteiger partial charge in [0.25, 0.3) is 0 Å².